The summed E-state index contributed by atoms with van der Waals surface area (Å²) in [6, 6.07) is 1.31. The molecule has 0 aromatic carbocycles. The van der Waals surface area contributed by atoms with Crippen molar-refractivity contribution in [2.75, 3.05) is 13.3 Å². The number of hydrogen-bond acceptors (Lipinski definition) is 5. The normalized spacial score (nSPS) is 11.8. The highest BCUT2D eigenvalue weighted by molar-refractivity contribution is 7.70. The van der Waals surface area contributed by atoms with E-state index in [1.54, 1.807) is 32.6 Å². The molecule has 0 N–H and O–H groups in total. The van der Waals surface area contributed by atoms with E-state index in [0.717, 1.165) is 11.8 Å². The second-order valence-electron chi connectivity index (χ2n) is 5.42. The number of halogens is 1. The molecule has 0 spiro atoms. The Labute approximate surface area is 127 Å². The van der Waals surface area contributed by atoms with E-state index in [1.807, 2.05) is 0 Å². The van der Waals surface area contributed by atoms with Crippen molar-refractivity contribution in [3.8, 4) is 11.1 Å². The first-order valence-corrected chi connectivity index (χ1v) is 9.25. The van der Waals surface area contributed by atoms with Gasteiger partial charge in [0.1, 0.15) is 24.8 Å². The molecule has 0 bridgehead atoms. The summed E-state index contributed by atoms with van der Waals surface area (Å²) in [4.78, 5) is 16.6. The van der Waals surface area contributed by atoms with E-state index in [-0.39, 0.29) is 0 Å². The van der Waals surface area contributed by atoms with Crippen molar-refractivity contribution in [3.05, 3.63) is 42.5 Å². The van der Waals surface area contributed by atoms with Crippen molar-refractivity contribution in [2.24, 2.45) is 0 Å². The Balaban J connectivity index is 2.49. The van der Waals surface area contributed by atoms with Crippen LogP contribution in [-0.4, -0.2) is 33.3 Å². The lowest BCUT2D eigenvalue weighted by Crippen LogP contribution is -2.14. The second kappa shape index (κ2) is 5.21. The molecule has 0 atom stereocenters. The number of pyridine rings is 2. The van der Waals surface area contributed by atoms with Gasteiger partial charge < -0.3 is 4.57 Å². The highest BCUT2D eigenvalue weighted by Gasteiger charge is 2.25. The van der Waals surface area contributed by atoms with Crippen LogP contribution in [0.5, 0.6) is 0 Å². The monoisotopic (exact) mass is 316 g/mol. The quantitative estimate of drug-likeness (QED) is 0.680. The van der Waals surface area contributed by atoms with Crippen LogP contribution in [0.1, 0.15) is 5.69 Å². The Morgan fingerprint density at radius 3 is 2.45 bits per heavy atom. The molecule has 3 rings (SSSR count). The lowest BCUT2D eigenvalue weighted by Gasteiger charge is -2.17. The first-order chi connectivity index (χ1) is 10.4. The minimum absolute atomic E-state index is 0.400. The van der Waals surface area contributed by atoms with Crippen LogP contribution in [0.15, 0.2) is 31.0 Å². The summed E-state index contributed by atoms with van der Waals surface area (Å²) < 4.78 is 26.3. The van der Waals surface area contributed by atoms with Crippen molar-refractivity contribution in [2.45, 2.75) is 6.92 Å². The number of aromatic nitrogens is 4. The van der Waals surface area contributed by atoms with Gasteiger partial charge in [0.25, 0.3) is 0 Å². The molecule has 7 heteroatoms. The molecule has 0 amide bonds. The summed E-state index contributed by atoms with van der Waals surface area (Å²) in [6.07, 6.45) is 5.83. The predicted octanol–water partition coefficient (Wildman–Crippen LogP) is 2.78. The van der Waals surface area contributed by atoms with E-state index in [9.17, 15) is 8.96 Å². The first kappa shape index (κ1) is 14.7. The molecule has 0 aliphatic rings. The summed E-state index contributed by atoms with van der Waals surface area (Å²) in [5.41, 5.74) is 2.94. The van der Waals surface area contributed by atoms with Crippen LogP contribution >= 0.6 is 7.14 Å². The molecule has 3 aromatic rings. The fourth-order valence-electron chi connectivity index (χ4n) is 2.52. The van der Waals surface area contributed by atoms with Gasteiger partial charge >= 0.3 is 0 Å². The fraction of sp³-hybridized carbons (Fsp3) is 0.200. The Morgan fingerprint density at radius 2 is 1.82 bits per heavy atom. The van der Waals surface area contributed by atoms with Crippen molar-refractivity contribution < 1.29 is 8.96 Å². The fourth-order valence-corrected chi connectivity index (χ4v) is 4.03. The van der Waals surface area contributed by atoms with Gasteiger partial charge in [-0.15, -0.1) is 0 Å². The van der Waals surface area contributed by atoms with E-state index >= 15 is 0 Å². The average molecular weight is 316 g/mol. The molecule has 3 aromatic heterocycles. The lowest BCUT2D eigenvalue weighted by atomic mass is 10.1. The maximum absolute atomic E-state index is 13.4. The van der Waals surface area contributed by atoms with Gasteiger partial charge in [-0.05, 0) is 20.3 Å². The molecule has 22 heavy (non-hydrogen) atoms. The molecule has 0 fully saturated rings. The van der Waals surface area contributed by atoms with Crippen LogP contribution in [0.3, 0.4) is 0 Å². The minimum Gasteiger partial charge on any atom is -0.319 e. The molecule has 0 unspecified atom stereocenters. The molecule has 0 radical (unpaired) electrons. The molecule has 0 aliphatic carbocycles. The van der Waals surface area contributed by atoms with Gasteiger partial charge in [-0.3, -0.25) is 9.97 Å². The number of rotatable bonds is 2. The summed E-state index contributed by atoms with van der Waals surface area (Å²) >= 11 is 0. The second-order valence-corrected chi connectivity index (χ2v) is 8.57. The zero-order valence-electron chi connectivity index (χ0n) is 12.4. The standard InChI is InChI=1S/C15H14FN4OP/c1-9-13(10-5-17-8-18-6-10)15(22(2,3)21)14-12(20-9)4-11(16)7-19-14/h4-8H,1-3H3. The van der Waals surface area contributed by atoms with E-state index in [2.05, 4.69) is 19.9 Å². The highest BCUT2D eigenvalue weighted by Crippen LogP contribution is 2.42. The van der Waals surface area contributed by atoms with Gasteiger partial charge in [0, 0.05) is 40.6 Å². The topological polar surface area (TPSA) is 68.6 Å². The highest BCUT2D eigenvalue weighted by atomic mass is 31.2. The van der Waals surface area contributed by atoms with E-state index in [0.29, 0.717) is 27.6 Å². The zero-order chi connectivity index (χ0) is 15.9. The van der Waals surface area contributed by atoms with Crippen LogP contribution < -0.4 is 5.30 Å². The van der Waals surface area contributed by atoms with Crippen molar-refractivity contribution in [1.82, 2.24) is 19.9 Å². The van der Waals surface area contributed by atoms with Gasteiger partial charge in [-0.2, -0.15) is 0 Å². The van der Waals surface area contributed by atoms with Crippen molar-refractivity contribution in [3.63, 3.8) is 0 Å². The van der Waals surface area contributed by atoms with Crippen molar-refractivity contribution >= 4 is 23.5 Å². The summed E-state index contributed by atoms with van der Waals surface area (Å²) in [7, 11) is -2.69. The SMILES string of the molecule is Cc1nc2cc(F)cnc2c(P(C)(C)=O)c1-c1cncnc1. The van der Waals surface area contributed by atoms with Crippen LogP contribution in [0.4, 0.5) is 4.39 Å². The van der Waals surface area contributed by atoms with Crippen molar-refractivity contribution in [1.29, 1.82) is 0 Å². The Bertz CT molecular complexity index is 908. The molecule has 0 aliphatic heterocycles. The van der Waals surface area contributed by atoms with E-state index in [1.165, 1.54) is 12.4 Å². The number of fused-ring (bicyclic) bond motifs is 1. The first-order valence-electron chi connectivity index (χ1n) is 6.64. The molecule has 0 saturated heterocycles. The summed E-state index contributed by atoms with van der Waals surface area (Å²) in [5.74, 6) is -0.469. The number of aryl methyl sites for hydroxylation is 1. The summed E-state index contributed by atoms with van der Waals surface area (Å²) in [6.45, 7) is 5.13. The van der Waals surface area contributed by atoms with Crippen LogP contribution in [0.2, 0.25) is 0 Å². The molecular weight excluding hydrogens is 302 g/mol. The van der Waals surface area contributed by atoms with Gasteiger partial charge in [-0.1, -0.05) is 0 Å². The van der Waals surface area contributed by atoms with Gasteiger partial charge in [0.15, 0.2) is 0 Å². The van der Waals surface area contributed by atoms with E-state index in [4.69, 9.17) is 0 Å². The predicted molar refractivity (Wildman–Crippen MR) is 84.3 cm³/mol. The maximum atomic E-state index is 13.4. The van der Waals surface area contributed by atoms with Crippen LogP contribution in [0.25, 0.3) is 22.2 Å². The van der Waals surface area contributed by atoms with Gasteiger partial charge in [-0.25, -0.2) is 14.4 Å². The minimum atomic E-state index is -2.69. The third kappa shape index (κ3) is 2.50. The molecule has 5 nitrogen and oxygen atoms in total. The number of hydrogen-bond donors (Lipinski definition) is 0. The maximum Gasteiger partial charge on any atom is 0.143 e. The summed E-state index contributed by atoms with van der Waals surface area (Å²) in [5, 5.41) is 0.588. The van der Waals surface area contributed by atoms with Crippen LogP contribution in [-0.2, 0) is 4.57 Å². The Hall–Kier alpha value is -2.20. The average Bonchev–Trinajstić information content (AvgIpc) is 2.45. The molecule has 112 valence electrons. The van der Waals surface area contributed by atoms with Gasteiger partial charge in [0.2, 0.25) is 0 Å². The molecular formula is C15H14FN4OP. The van der Waals surface area contributed by atoms with E-state index < -0.39 is 13.0 Å². The third-order valence-corrected chi connectivity index (χ3v) is 4.85. The smallest absolute Gasteiger partial charge is 0.143 e. The van der Waals surface area contributed by atoms with Crippen LogP contribution in [0, 0.1) is 12.7 Å². The Morgan fingerprint density at radius 1 is 1.14 bits per heavy atom. The largest absolute Gasteiger partial charge is 0.319 e. The molecule has 0 saturated carbocycles. The lowest BCUT2D eigenvalue weighted by molar-refractivity contribution is 0.588. The molecule has 3 heterocycles. The third-order valence-electron chi connectivity index (χ3n) is 3.33. The van der Waals surface area contributed by atoms with Gasteiger partial charge in [0.05, 0.1) is 11.7 Å². The number of nitrogens with zero attached hydrogens (tertiary/aromatic N) is 4. The Kier molecular flexibility index (Phi) is 3.49. The zero-order valence-corrected chi connectivity index (χ0v) is 13.3.